The number of carbonyl (C=O) groups excluding carboxylic acids is 1. The lowest BCUT2D eigenvalue weighted by atomic mass is 10.3. The van der Waals surface area contributed by atoms with E-state index in [1.807, 2.05) is 19.2 Å². The van der Waals surface area contributed by atoms with E-state index >= 15 is 0 Å². The van der Waals surface area contributed by atoms with Gasteiger partial charge in [0.05, 0.1) is 6.54 Å². The highest BCUT2D eigenvalue weighted by Crippen LogP contribution is 2.12. The van der Waals surface area contributed by atoms with Crippen LogP contribution in [0.15, 0.2) is 29.5 Å². The molecule has 0 spiro atoms. The number of carbonyl (C=O) groups is 1. The number of aromatic nitrogens is 2. The number of guanidine groups is 1. The molecule has 0 fully saturated rings. The molecule has 3 N–H and O–H groups in total. The number of halogens is 1. The predicted octanol–water partition coefficient (Wildman–Crippen LogP) is 2.72. The zero-order valence-corrected chi connectivity index (χ0v) is 18.4. The number of rotatable bonds is 7. The zero-order chi connectivity index (χ0) is 18.1. The first-order chi connectivity index (χ1) is 12.1. The summed E-state index contributed by atoms with van der Waals surface area (Å²) in [5.74, 6) is 1.12. The molecule has 0 saturated carbocycles. The molecule has 0 bridgehead atoms. The second kappa shape index (κ2) is 11.8. The minimum absolute atomic E-state index is 0. The third-order valence-electron chi connectivity index (χ3n) is 3.40. The van der Waals surface area contributed by atoms with Gasteiger partial charge in [-0.3, -0.25) is 9.79 Å². The van der Waals surface area contributed by atoms with Crippen molar-refractivity contribution in [3.05, 3.63) is 40.0 Å². The maximum Gasteiger partial charge on any atom is 0.227 e. The predicted molar refractivity (Wildman–Crippen MR) is 117 cm³/mol. The molecule has 0 aliphatic carbocycles. The Morgan fingerprint density at radius 2 is 2.04 bits per heavy atom. The van der Waals surface area contributed by atoms with Gasteiger partial charge in [0.2, 0.25) is 5.91 Å². The fourth-order valence-electron chi connectivity index (χ4n) is 2.01. The first-order valence-corrected chi connectivity index (χ1v) is 9.03. The number of hydrogen-bond donors (Lipinski definition) is 3. The lowest BCUT2D eigenvalue weighted by molar-refractivity contribution is -0.116. The Balaban J connectivity index is 0.00000338. The molecule has 0 unspecified atom stereocenters. The summed E-state index contributed by atoms with van der Waals surface area (Å²) in [5, 5.41) is 10.1. The van der Waals surface area contributed by atoms with E-state index in [9.17, 15) is 4.79 Å². The van der Waals surface area contributed by atoms with Crippen LogP contribution in [0.1, 0.15) is 28.8 Å². The number of anilines is 1. The van der Waals surface area contributed by atoms with Gasteiger partial charge in [0.15, 0.2) is 5.96 Å². The Morgan fingerprint density at radius 3 is 2.65 bits per heavy atom. The molecule has 7 nitrogen and oxygen atoms in total. The van der Waals surface area contributed by atoms with Crippen molar-refractivity contribution in [3.8, 4) is 0 Å². The summed E-state index contributed by atoms with van der Waals surface area (Å²) in [6.07, 6.45) is 4.95. The van der Waals surface area contributed by atoms with Gasteiger partial charge < -0.3 is 16.0 Å². The van der Waals surface area contributed by atoms with Gasteiger partial charge >= 0.3 is 0 Å². The quantitative estimate of drug-likeness (QED) is 0.317. The third-order valence-corrected chi connectivity index (χ3v) is 4.55. The summed E-state index contributed by atoms with van der Waals surface area (Å²) in [6.45, 7) is 5.16. The van der Waals surface area contributed by atoms with Crippen molar-refractivity contribution in [2.75, 3.05) is 18.9 Å². The van der Waals surface area contributed by atoms with Crippen LogP contribution in [-0.2, 0) is 17.8 Å². The number of nitrogens with one attached hydrogen (secondary N) is 3. The van der Waals surface area contributed by atoms with E-state index in [1.165, 1.54) is 4.88 Å². The van der Waals surface area contributed by atoms with Crippen molar-refractivity contribution >= 4 is 53.0 Å². The van der Waals surface area contributed by atoms with Crippen molar-refractivity contribution in [3.63, 3.8) is 0 Å². The van der Waals surface area contributed by atoms with E-state index < -0.39 is 0 Å². The summed E-state index contributed by atoms with van der Waals surface area (Å²) >= 11 is 1.69. The molecule has 2 aromatic heterocycles. The fraction of sp³-hybridized carbons (Fsp3) is 0.412. The van der Waals surface area contributed by atoms with E-state index in [0.29, 0.717) is 31.3 Å². The van der Waals surface area contributed by atoms with E-state index in [0.717, 1.165) is 17.0 Å². The Kier molecular flexibility index (Phi) is 10.1. The average molecular weight is 488 g/mol. The molecule has 1 amide bonds. The topological polar surface area (TPSA) is 91.3 Å². The molecule has 0 aliphatic rings. The number of hydrogen-bond acceptors (Lipinski definition) is 5. The van der Waals surface area contributed by atoms with Crippen molar-refractivity contribution in [2.45, 2.75) is 33.2 Å². The normalized spacial score (nSPS) is 10.8. The molecule has 142 valence electrons. The van der Waals surface area contributed by atoms with Gasteiger partial charge in [-0.25, -0.2) is 9.97 Å². The lowest BCUT2D eigenvalue weighted by Gasteiger charge is -2.11. The number of pyridine rings is 1. The molecular weight excluding hydrogens is 463 g/mol. The minimum atomic E-state index is -0.0909. The first-order valence-electron chi connectivity index (χ1n) is 8.21. The van der Waals surface area contributed by atoms with Crippen LogP contribution >= 0.6 is 35.3 Å². The smallest absolute Gasteiger partial charge is 0.227 e. The van der Waals surface area contributed by atoms with Crippen LogP contribution < -0.4 is 16.0 Å². The molecule has 2 aromatic rings. The summed E-state index contributed by atoms with van der Waals surface area (Å²) < 4.78 is 0. The molecular formula is C17H25IN6OS. The zero-order valence-electron chi connectivity index (χ0n) is 15.2. The van der Waals surface area contributed by atoms with Crippen LogP contribution in [-0.4, -0.2) is 35.4 Å². The second-order valence-electron chi connectivity index (χ2n) is 5.45. The maximum absolute atomic E-state index is 11.9. The lowest BCUT2D eigenvalue weighted by Crippen LogP contribution is -2.38. The van der Waals surface area contributed by atoms with Gasteiger partial charge in [-0.1, -0.05) is 13.0 Å². The Labute approximate surface area is 175 Å². The van der Waals surface area contributed by atoms with Gasteiger partial charge in [-0.05, 0) is 25.0 Å². The van der Waals surface area contributed by atoms with Crippen molar-refractivity contribution in [2.24, 2.45) is 4.99 Å². The molecule has 2 rings (SSSR count). The van der Waals surface area contributed by atoms with E-state index in [1.54, 1.807) is 30.6 Å². The van der Waals surface area contributed by atoms with Crippen molar-refractivity contribution in [1.82, 2.24) is 20.6 Å². The Hall–Kier alpha value is -1.75. The third kappa shape index (κ3) is 7.65. The van der Waals surface area contributed by atoms with Crippen LogP contribution in [0.4, 0.5) is 5.82 Å². The molecule has 9 heteroatoms. The van der Waals surface area contributed by atoms with Crippen molar-refractivity contribution < 1.29 is 4.79 Å². The number of aliphatic imine (C=N–C) groups is 1. The van der Waals surface area contributed by atoms with Gasteiger partial charge in [-0.15, -0.1) is 35.3 Å². The van der Waals surface area contributed by atoms with Crippen LogP contribution in [0.3, 0.4) is 0 Å². The van der Waals surface area contributed by atoms with E-state index in [4.69, 9.17) is 0 Å². The summed E-state index contributed by atoms with van der Waals surface area (Å²) in [4.78, 5) is 25.8. The van der Waals surface area contributed by atoms with Gasteiger partial charge in [-0.2, -0.15) is 0 Å². The van der Waals surface area contributed by atoms with Crippen LogP contribution in [0.5, 0.6) is 0 Å². The minimum Gasteiger partial charge on any atom is -0.356 e. The number of thiazole rings is 1. The highest BCUT2D eigenvalue weighted by molar-refractivity contribution is 14.0. The highest BCUT2D eigenvalue weighted by Gasteiger charge is 2.05. The molecule has 0 aromatic carbocycles. The molecule has 0 aliphatic heterocycles. The fourth-order valence-corrected chi connectivity index (χ4v) is 2.82. The van der Waals surface area contributed by atoms with Crippen LogP contribution in [0.25, 0.3) is 0 Å². The monoisotopic (exact) mass is 488 g/mol. The highest BCUT2D eigenvalue weighted by atomic mass is 127. The molecule has 26 heavy (non-hydrogen) atoms. The maximum atomic E-state index is 11.9. The van der Waals surface area contributed by atoms with Gasteiger partial charge in [0, 0.05) is 37.3 Å². The first kappa shape index (κ1) is 22.3. The summed E-state index contributed by atoms with van der Waals surface area (Å²) in [5.41, 5.74) is 1.06. The van der Waals surface area contributed by atoms with Crippen LogP contribution in [0, 0.1) is 6.92 Å². The number of aryl methyl sites for hydroxylation is 2. The largest absolute Gasteiger partial charge is 0.356 e. The molecule has 0 saturated heterocycles. The Bertz CT molecular complexity index is 716. The van der Waals surface area contributed by atoms with Crippen molar-refractivity contribution in [1.29, 1.82) is 0 Å². The van der Waals surface area contributed by atoms with Gasteiger partial charge in [0.1, 0.15) is 10.8 Å². The SMILES string of the molecule is CCc1cnc(CNC(=NC)NCCC(=O)Nc2ccc(C)cn2)s1.I. The summed E-state index contributed by atoms with van der Waals surface area (Å²) in [7, 11) is 1.70. The Morgan fingerprint density at radius 1 is 1.23 bits per heavy atom. The molecule has 0 atom stereocenters. The van der Waals surface area contributed by atoms with Crippen LogP contribution in [0.2, 0.25) is 0 Å². The van der Waals surface area contributed by atoms with Gasteiger partial charge in [0.25, 0.3) is 0 Å². The number of amides is 1. The summed E-state index contributed by atoms with van der Waals surface area (Å²) in [6, 6.07) is 3.70. The standard InChI is InChI=1S/C17H24N6OS.HI/c1-4-13-10-21-16(25-13)11-22-17(18-3)19-8-7-15(24)23-14-6-5-12(2)9-20-14;/h5-6,9-10H,4,7-8,11H2,1-3H3,(H2,18,19,22)(H,20,23,24);1H. The molecule has 0 radical (unpaired) electrons. The number of nitrogens with zero attached hydrogens (tertiary/aromatic N) is 3. The van der Waals surface area contributed by atoms with E-state index in [-0.39, 0.29) is 29.9 Å². The second-order valence-corrected chi connectivity index (χ2v) is 6.65. The molecule has 2 heterocycles. The van der Waals surface area contributed by atoms with E-state index in [2.05, 4.69) is 37.8 Å². The average Bonchev–Trinajstić information content (AvgIpc) is 3.08.